The van der Waals surface area contributed by atoms with Gasteiger partial charge >= 0.3 is 0 Å². The quantitative estimate of drug-likeness (QED) is 0.699. The second kappa shape index (κ2) is 2.91. The van der Waals surface area contributed by atoms with Crippen LogP contribution in [0.1, 0.15) is 24.0 Å². The fourth-order valence-electron chi connectivity index (χ4n) is 1.94. The number of hydrogen-bond donors (Lipinski definition) is 1. The molecule has 1 aromatic rings. The molecular formula is C11H15N. The maximum absolute atomic E-state index is 3.31. The van der Waals surface area contributed by atoms with Crippen LogP contribution in [0, 0.1) is 0 Å². The number of nitrogens with one attached hydrogen (secondary N) is 1. The van der Waals surface area contributed by atoms with Gasteiger partial charge in [-0.15, -0.1) is 0 Å². The van der Waals surface area contributed by atoms with Crippen molar-refractivity contribution in [3.05, 3.63) is 35.4 Å². The molecule has 0 saturated carbocycles. The molecule has 0 fully saturated rings. The van der Waals surface area contributed by atoms with Gasteiger partial charge in [0.05, 0.1) is 0 Å². The van der Waals surface area contributed by atoms with Crippen molar-refractivity contribution in [2.24, 2.45) is 0 Å². The van der Waals surface area contributed by atoms with E-state index in [1.807, 2.05) is 7.05 Å². The Bertz CT molecular complexity index is 280. The fourth-order valence-corrected chi connectivity index (χ4v) is 1.94. The van der Waals surface area contributed by atoms with E-state index in [2.05, 4.69) is 36.5 Å². The lowest BCUT2D eigenvalue weighted by molar-refractivity contribution is 0.453. The Labute approximate surface area is 73.8 Å². The van der Waals surface area contributed by atoms with Crippen LogP contribution in [0.2, 0.25) is 0 Å². The average molecular weight is 161 g/mol. The van der Waals surface area contributed by atoms with Gasteiger partial charge in [0.1, 0.15) is 0 Å². The minimum absolute atomic E-state index is 0.611. The first-order valence-corrected chi connectivity index (χ1v) is 4.58. The number of likely N-dealkylation sites (N-methyl/N-ethyl adjacent to an activating group) is 1. The number of fused-ring (bicyclic) bond motifs is 1. The van der Waals surface area contributed by atoms with Crippen LogP contribution >= 0.6 is 0 Å². The standard InChI is InChI=1S/C11H15N/c1-8(12-2)11-7-9-5-3-4-6-10(9)11/h3-6,8,11-12H,7H2,1-2H3. The van der Waals surface area contributed by atoms with Crippen LogP contribution in [-0.4, -0.2) is 13.1 Å². The summed E-state index contributed by atoms with van der Waals surface area (Å²) in [5, 5.41) is 3.31. The molecule has 1 N–H and O–H groups in total. The third-order valence-electron chi connectivity index (χ3n) is 2.95. The summed E-state index contributed by atoms with van der Waals surface area (Å²) in [5.41, 5.74) is 3.07. The van der Waals surface area contributed by atoms with E-state index < -0.39 is 0 Å². The smallest absolute Gasteiger partial charge is 0.0108 e. The molecule has 2 rings (SSSR count). The molecule has 0 amide bonds. The minimum atomic E-state index is 0.611. The van der Waals surface area contributed by atoms with E-state index in [1.54, 1.807) is 5.56 Å². The van der Waals surface area contributed by atoms with Gasteiger partial charge in [-0.1, -0.05) is 24.3 Å². The van der Waals surface area contributed by atoms with Crippen LogP contribution in [0.15, 0.2) is 24.3 Å². The first kappa shape index (κ1) is 7.81. The van der Waals surface area contributed by atoms with Crippen molar-refractivity contribution in [1.29, 1.82) is 0 Å². The lowest BCUT2D eigenvalue weighted by Crippen LogP contribution is -2.35. The molecule has 1 aliphatic rings. The van der Waals surface area contributed by atoms with Crippen molar-refractivity contribution in [3.8, 4) is 0 Å². The van der Waals surface area contributed by atoms with Gasteiger partial charge in [0, 0.05) is 12.0 Å². The molecule has 1 aromatic carbocycles. The van der Waals surface area contributed by atoms with Crippen LogP contribution in [0.4, 0.5) is 0 Å². The third kappa shape index (κ3) is 1.05. The van der Waals surface area contributed by atoms with E-state index in [0.29, 0.717) is 6.04 Å². The Hall–Kier alpha value is -0.820. The summed E-state index contributed by atoms with van der Waals surface area (Å²) in [6.07, 6.45) is 1.25. The molecule has 0 spiro atoms. The molecule has 1 nitrogen and oxygen atoms in total. The van der Waals surface area contributed by atoms with Crippen molar-refractivity contribution in [2.45, 2.75) is 25.3 Å². The highest BCUT2D eigenvalue weighted by Gasteiger charge is 2.28. The Morgan fingerprint density at radius 3 is 2.83 bits per heavy atom. The monoisotopic (exact) mass is 161 g/mol. The molecule has 0 saturated heterocycles. The molecule has 0 bridgehead atoms. The van der Waals surface area contributed by atoms with E-state index in [9.17, 15) is 0 Å². The van der Waals surface area contributed by atoms with Crippen LogP contribution in [0.25, 0.3) is 0 Å². The van der Waals surface area contributed by atoms with Gasteiger partial charge in [-0.05, 0) is 31.5 Å². The summed E-state index contributed by atoms with van der Waals surface area (Å²) < 4.78 is 0. The summed E-state index contributed by atoms with van der Waals surface area (Å²) in [7, 11) is 2.03. The Morgan fingerprint density at radius 2 is 2.17 bits per heavy atom. The largest absolute Gasteiger partial charge is 0.317 e. The lowest BCUT2D eigenvalue weighted by atomic mass is 9.74. The van der Waals surface area contributed by atoms with Crippen LogP contribution in [0.5, 0.6) is 0 Å². The molecule has 0 heterocycles. The number of benzene rings is 1. The van der Waals surface area contributed by atoms with Gasteiger partial charge in [-0.3, -0.25) is 0 Å². The topological polar surface area (TPSA) is 12.0 Å². The van der Waals surface area contributed by atoms with Gasteiger partial charge in [-0.25, -0.2) is 0 Å². The van der Waals surface area contributed by atoms with Crippen LogP contribution < -0.4 is 5.32 Å². The summed E-state index contributed by atoms with van der Waals surface area (Å²) >= 11 is 0. The molecule has 0 aromatic heterocycles. The second-order valence-electron chi connectivity index (χ2n) is 3.59. The van der Waals surface area contributed by atoms with Crippen molar-refractivity contribution >= 4 is 0 Å². The summed E-state index contributed by atoms with van der Waals surface area (Å²) in [6.45, 7) is 2.25. The normalized spacial score (nSPS) is 22.7. The van der Waals surface area contributed by atoms with Crippen molar-refractivity contribution in [3.63, 3.8) is 0 Å². The summed E-state index contributed by atoms with van der Waals surface area (Å²) in [4.78, 5) is 0. The number of hydrogen-bond acceptors (Lipinski definition) is 1. The zero-order valence-corrected chi connectivity index (χ0v) is 7.67. The van der Waals surface area contributed by atoms with Crippen molar-refractivity contribution < 1.29 is 0 Å². The molecule has 2 atom stereocenters. The van der Waals surface area contributed by atoms with E-state index in [1.165, 1.54) is 12.0 Å². The molecule has 0 aliphatic heterocycles. The summed E-state index contributed by atoms with van der Waals surface area (Å²) in [5.74, 6) is 0.742. The molecular weight excluding hydrogens is 146 g/mol. The first-order valence-electron chi connectivity index (χ1n) is 4.58. The van der Waals surface area contributed by atoms with Crippen molar-refractivity contribution in [1.82, 2.24) is 5.32 Å². The Balaban J connectivity index is 2.19. The second-order valence-corrected chi connectivity index (χ2v) is 3.59. The molecule has 64 valence electrons. The van der Waals surface area contributed by atoms with E-state index >= 15 is 0 Å². The zero-order chi connectivity index (χ0) is 8.55. The maximum atomic E-state index is 3.31. The van der Waals surface area contributed by atoms with Gasteiger partial charge in [0.2, 0.25) is 0 Å². The predicted molar refractivity (Wildman–Crippen MR) is 51.4 cm³/mol. The average Bonchev–Trinajstić information content (AvgIpc) is 2.07. The van der Waals surface area contributed by atoms with E-state index in [0.717, 1.165) is 5.92 Å². The lowest BCUT2D eigenvalue weighted by Gasteiger charge is -2.34. The molecule has 1 heteroatoms. The maximum Gasteiger partial charge on any atom is 0.0108 e. The fraction of sp³-hybridized carbons (Fsp3) is 0.455. The highest BCUT2D eigenvalue weighted by Crippen LogP contribution is 2.36. The van der Waals surface area contributed by atoms with Crippen molar-refractivity contribution in [2.75, 3.05) is 7.05 Å². The molecule has 0 radical (unpaired) electrons. The molecule has 2 unspecified atom stereocenters. The minimum Gasteiger partial charge on any atom is -0.317 e. The van der Waals surface area contributed by atoms with Gasteiger partial charge in [-0.2, -0.15) is 0 Å². The highest BCUT2D eigenvalue weighted by atomic mass is 14.9. The molecule has 1 aliphatic carbocycles. The zero-order valence-electron chi connectivity index (χ0n) is 7.67. The van der Waals surface area contributed by atoms with E-state index in [4.69, 9.17) is 0 Å². The Kier molecular flexibility index (Phi) is 1.89. The van der Waals surface area contributed by atoms with E-state index in [-0.39, 0.29) is 0 Å². The van der Waals surface area contributed by atoms with Crippen LogP contribution in [0.3, 0.4) is 0 Å². The predicted octanol–water partition coefficient (Wildman–Crippen LogP) is 1.93. The third-order valence-corrected chi connectivity index (χ3v) is 2.95. The SMILES string of the molecule is CNC(C)C1Cc2ccccc21. The Morgan fingerprint density at radius 1 is 1.42 bits per heavy atom. The van der Waals surface area contributed by atoms with Crippen LogP contribution in [-0.2, 0) is 6.42 Å². The highest BCUT2D eigenvalue weighted by molar-refractivity contribution is 5.40. The molecule has 12 heavy (non-hydrogen) atoms. The van der Waals surface area contributed by atoms with Gasteiger partial charge < -0.3 is 5.32 Å². The summed E-state index contributed by atoms with van der Waals surface area (Å²) in [6, 6.07) is 9.35. The van der Waals surface area contributed by atoms with Gasteiger partial charge in [0.25, 0.3) is 0 Å². The first-order chi connectivity index (χ1) is 5.83. The van der Waals surface area contributed by atoms with Gasteiger partial charge in [0.15, 0.2) is 0 Å². The number of rotatable bonds is 2.